The Bertz CT molecular complexity index is 709. The van der Waals surface area contributed by atoms with Crippen LogP contribution >= 0.6 is 0 Å². The Morgan fingerprint density at radius 3 is 2.80 bits per heavy atom. The molecule has 1 amide bonds. The summed E-state index contributed by atoms with van der Waals surface area (Å²) in [7, 11) is 1.64. The Morgan fingerprint density at radius 2 is 2.12 bits per heavy atom. The molecule has 1 saturated heterocycles. The maximum atomic E-state index is 12.2. The summed E-state index contributed by atoms with van der Waals surface area (Å²) in [5.41, 5.74) is 0.875. The highest BCUT2D eigenvalue weighted by Crippen LogP contribution is 2.24. The number of aromatic nitrogens is 2. The standard InChI is InChI=1S/C19H25N3O3/c1-13(2)10-18(23)22-9-8-14(12-22)11-17-20-19(25-21-17)15-4-6-16(24-3)7-5-15/h4-7,13-14H,8-12H2,1-3H3. The van der Waals surface area contributed by atoms with Crippen LogP contribution in [0.3, 0.4) is 0 Å². The Morgan fingerprint density at radius 1 is 1.36 bits per heavy atom. The molecule has 1 aromatic heterocycles. The first-order chi connectivity index (χ1) is 12.0. The zero-order valence-corrected chi connectivity index (χ0v) is 15.1. The number of methoxy groups -OCH3 is 1. The summed E-state index contributed by atoms with van der Waals surface area (Å²) in [6.45, 7) is 5.77. The third kappa shape index (κ3) is 4.38. The number of rotatable bonds is 6. The molecule has 0 aliphatic carbocycles. The zero-order chi connectivity index (χ0) is 17.8. The van der Waals surface area contributed by atoms with Crippen LogP contribution < -0.4 is 4.74 Å². The van der Waals surface area contributed by atoms with Gasteiger partial charge in [0.05, 0.1) is 7.11 Å². The van der Waals surface area contributed by atoms with Gasteiger partial charge >= 0.3 is 0 Å². The van der Waals surface area contributed by atoms with Crippen LogP contribution in [0.25, 0.3) is 11.5 Å². The molecule has 1 fully saturated rings. The van der Waals surface area contributed by atoms with E-state index in [1.807, 2.05) is 29.2 Å². The molecule has 1 aliphatic rings. The number of amides is 1. The van der Waals surface area contributed by atoms with Gasteiger partial charge in [0, 0.05) is 31.5 Å². The second-order valence-corrected chi connectivity index (χ2v) is 7.04. The number of hydrogen-bond acceptors (Lipinski definition) is 5. The molecule has 0 saturated carbocycles. The minimum atomic E-state index is 0.254. The van der Waals surface area contributed by atoms with Gasteiger partial charge in [-0.25, -0.2) is 0 Å². The van der Waals surface area contributed by atoms with Gasteiger partial charge in [0.15, 0.2) is 5.82 Å². The summed E-state index contributed by atoms with van der Waals surface area (Å²) >= 11 is 0. The quantitative estimate of drug-likeness (QED) is 0.806. The number of hydrogen-bond donors (Lipinski definition) is 0. The van der Waals surface area contributed by atoms with Gasteiger partial charge in [-0.3, -0.25) is 4.79 Å². The maximum absolute atomic E-state index is 12.2. The number of carbonyl (C=O) groups is 1. The molecule has 0 bridgehead atoms. The SMILES string of the molecule is COc1ccc(-c2nc(CC3CCN(C(=O)CC(C)C)C3)no2)cc1. The topological polar surface area (TPSA) is 68.5 Å². The smallest absolute Gasteiger partial charge is 0.257 e. The molecule has 1 atom stereocenters. The van der Waals surface area contributed by atoms with Crippen LogP contribution in [0.2, 0.25) is 0 Å². The van der Waals surface area contributed by atoms with E-state index in [4.69, 9.17) is 9.26 Å². The fraction of sp³-hybridized carbons (Fsp3) is 0.526. The second-order valence-electron chi connectivity index (χ2n) is 7.04. The normalized spacial score (nSPS) is 17.3. The maximum Gasteiger partial charge on any atom is 0.257 e. The van der Waals surface area contributed by atoms with Crippen molar-refractivity contribution in [2.75, 3.05) is 20.2 Å². The first-order valence-electron chi connectivity index (χ1n) is 8.80. The van der Waals surface area contributed by atoms with E-state index in [1.165, 1.54) is 0 Å². The van der Waals surface area contributed by atoms with Crippen molar-refractivity contribution >= 4 is 5.91 Å². The Balaban J connectivity index is 1.57. The van der Waals surface area contributed by atoms with Crippen molar-refractivity contribution in [3.63, 3.8) is 0 Å². The molecule has 0 spiro atoms. The van der Waals surface area contributed by atoms with Crippen molar-refractivity contribution in [3.8, 4) is 17.2 Å². The van der Waals surface area contributed by atoms with Gasteiger partial charge in [-0.05, 0) is 42.5 Å². The van der Waals surface area contributed by atoms with Gasteiger partial charge in [-0.1, -0.05) is 19.0 Å². The van der Waals surface area contributed by atoms with Crippen LogP contribution in [0.15, 0.2) is 28.8 Å². The predicted molar refractivity (Wildman–Crippen MR) is 94.1 cm³/mol. The molecule has 3 rings (SSSR count). The lowest BCUT2D eigenvalue weighted by atomic mass is 10.0. The van der Waals surface area contributed by atoms with E-state index in [0.29, 0.717) is 30.0 Å². The third-order valence-electron chi connectivity index (χ3n) is 4.50. The van der Waals surface area contributed by atoms with E-state index in [0.717, 1.165) is 37.2 Å². The van der Waals surface area contributed by atoms with Crippen molar-refractivity contribution in [3.05, 3.63) is 30.1 Å². The highest BCUT2D eigenvalue weighted by molar-refractivity contribution is 5.76. The monoisotopic (exact) mass is 343 g/mol. The summed E-state index contributed by atoms with van der Waals surface area (Å²) in [4.78, 5) is 18.6. The fourth-order valence-corrected chi connectivity index (χ4v) is 3.15. The van der Waals surface area contributed by atoms with Crippen LogP contribution in [0.1, 0.15) is 32.5 Å². The van der Waals surface area contributed by atoms with E-state index in [2.05, 4.69) is 24.0 Å². The Kier molecular flexibility index (Phi) is 5.36. The summed E-state index contributed by atoms with van der Waals surface area (Å²) in [6.07, 6.45) is 2.36. The molecule has 0 radical (unpaired) electrons. The first kappa shape index (κ1) is 17.5. The minimum Gasteiger partial charge on any atom is -0.497 e. The third-order valence-corrected chi connectivity index (χ3v) is 4.50. The lowest BCUT2D eigenvalue weighted by Crippen LogP contribution is -2.29. The van der Waals surface area contributed by atoms with Gasteiger partial charge in [0.1, 0.15) is 5.75 Å². The van der Waals surface area contributed by atoms with Crippen LogP contribution in [-0.4, -0.2) is 41.1 Å². The van der Waals surface area contributed by atoms with Crippen molar-refractivity contribution in [1.82, 2.24) is 15.0 Å². The molecular weight excluding hydrogens is 318 g/mol. The van der Waals surface area contributed by atoms with Crippen LogP contribution in [-0.2, 0) is 11.2 Å². The lowest BCUT2D eigenvalue weighted by Gasteiger charge is -2.17. The van der Waals surface area contributed by atoms with E-state index < -0.39 is 0 Å². The molecule has 134 valence electrons. The highest BCUT2D eigenvalue weighted by Gasteiger charge is 2.27. The summed E-state index contributed by atoms with van der Waals surface area (Å²) < 4.78 is 10.5. The molecule has 1 unspecified atom stereocenters. The largest absolute Gasteiger partial charge is 0.497 e. The molecule has 25 heavy (non-hydrogen) atoms. The van der Waals surface area contributed by atoms with Crippen molar-refractivity contribution < 1.29 is 14.1 Å². The highest BCUT2D eigenvalue weighted by atomic mass is 16.5. The van der Waals surface area contributed by atoms with Crippen molar-refractivity contribution in [2.45, 2.75) is 33.1 Å². The molecular formula is C19H25N3O3. The van der Waals surface area contributed by atoms with Crippen LogP contribution in [0.5, 0.6) is 5.75 Å². The molecule has 2 heterocycles. The first-order valence-corrected chi connectivity index (χ1v) is 8.80. The van der Waals surface area contributed by atoms with Crippen molar-refractivity contribution in [2.24, 2.45) is 11.8 Å². The van der Waals surface area contributed by atoms with Gasteiger partial charge in [-0.2, -0.15) is 4.98 Å². The van der Waals surface area contributed by atoms with E-state index in [-0.39, 0.29) is 5.91 Å². The van der Waals surface area contributed by atoms with E-state index in [9.17, 15) is 4.79 Å². The van der Waals surface area contributed by atoms with Gasteiger partial charge in [-0.15, -0.1) is 0 Å². The molecule has 6 heteroatoms. The van der Waals surface area contributed by atoms with Crippen LogP contribution in [0.4, 0.5) is 0 Å². The molecule has 0 N–H and O–H groups in total. The zero-order valence-electron chi connectivity index (χ0n) is 15.1. The van der Waals surface area contributed by atoms with E-state index >= 15 is 0 Å². The Hall–Kier alpha value is -2.37. The molecule has 1 aromatic carbocycles. The average molecular weight is 343 g/mol. The second kappa shape index (κ2) is 7.68. The predicted octanol–water partition coefficient (Wildman–Crippen LogP) is 3.18. The lowest BCUT2D eigenvalue weighted by molar-refractivity contribution is -0.131. The molecule has 1 aliphatic heterocycles. The number of nitrogens with zero attached hydrogens (tertiary/aromatic N) is 3. The van der Waals surface area contributed by atoms with E-state index in [1.54, 1.807) is 7.11 Å². The summed E-state index contributed by atoms with van der Waals surface area (Å²) in [6, 6.07) is 7.54. The number of likely N-dealkylation sites (tertiary alicyclic amines) is 1. The van der Waals surface area contributed by atoms with Crippen molar-refractivity contribution in [1.29, 1.82) is 0 Å². The Labute approximate surface area is 148 Å². The minimum absolute atomic E-state index is 0.254. The number of carbonyl (C=O) groups excluding carboxylic acids is 1. The molecule has 2 aromatic rings. The average Bonchev–Trinajstić information content (AvgIpc) is 3.24. The summed E-state index contributed by atoms with van der Waals surface area (Å²) in [5, 5.41) is 4.10. The fourth-order valence-electron chi connectivity index (χ4n) is 3.15. The summed E-state index contributed by atoms with van der Waals surface area (Å²) in [5.74, 6) is 3.07. The van der Waals surface area contributed by atoms with Crippen LogP contribution in [0, 0.1) is 11.8 Å². The van der Waals surface area contributed by atoms with Gasteiger partial charge in [0.2, 0.25) is 5.91 Å². The number of benzene rings is 1. The molecule has 6 nitrogen and oxygen atoms in total. The van der Waals surface area contributed by atoms with Gasteiger partial charge < -0.3 is 14.2 Å². The van der Waals surface area contributed by atoms with Gasteiger partial charge in [0.25, 0.3) is 5.89 Å². The number of ether oxygens (including phenoxy) is 1.